The molecule has 2 aliphatic carbocycles. The largest absolute Gasteiger partial charge is 0.457 e. The zero-order valence-corrected chi connectivity index (χ0v) is 29.8. The number of ether oxygens (including phenoxy) is 1. The second kappa shape index (κ2) is 13.5. The van der Waals surface area contributed by atoms with Gasteiger partial charge in [-0.3, -0.25) is 4.57 Å². The van der Waals surface area contributed by atoms with Gasteiger partial charge in [0.25, 0.3) is 0 Å². The molecule has 5 nitrogen and oxygen atoms in total. The molecule has 0 aliphatic heterocycles. The fourth-order valence-electron chi connectivity index (χ4n) is 8.98. The third kappa shape index (κ3) is 6.13. The van der Waals surface area contributed by atoms with Crippen molar-refractivity contribution in [2.45, 2.75) is 89.9 Å². The van der Waals surface area contributed by atoms with Gasteiger partial charge < -0.3 is 4.74 Å². The molecular weight excluding hydrogens is 625 g/mol. The highest BCUT2D eigenvalue weighted by Crippen LogP contribution is 2.45. The van der Waals surface area contributed by atoms with E-state index in [1.54, 1.807) is 11.1 Å². The highest BCUT2D eigenvalue weighted by molar-refractivity contribution is 6.09. The Labute approximate surface area is 300 Å². The SMILES string of the molecule is Cc1cc(Oc2ccc3c4ccccc4n(-c4cc(C)ccn4)c3c2)cc(-n2cc(-c3c(C4CCCCC4)cccc3C3CCCCC3)cn2)c1. The number of hydrogen-bond donors (Lipinski definition) is 0. The predicted octanol–water partition coefficient (Wildman–Crippen LogP) is 12.5. The number of rotatable bonds is 7. The Morgan fingerprint density at radius 1 is 0.627 bits per heavy atom. The summed E-state index contributed by atoms with van der Waals surface area (Å²) in [5.41, 5.74) is 11.3. The van der Waals surface area contributed by atoms with E-state index in [0.717, 1.165) is 39.6 Å². The maximum absolute atomic E-state index is 6.65. The summed E-state index contributed by atoms with van der Waals surface area (Å²) >= 11 is 0. The van der Waals surface area contributed by atoms with Gasteiger partial charge >= 0.3 is 0 Å². The lowest BCUT2D eigenvalue weighted by molar-refractivity contribution is 0.437. The molecule has 0 bridgehead atoms. The van der Waals surface area contributed by atoms with Crippen LogP contribution in [0.4, 0.5) is 0 Å². The number of para-hydroxylation sites is 1. The Morgan fingerprint density at radius 3 is 2.10 bits per heavy atom. The predicted molar refractivity (Wildman–Crippen MR) is 209 cm³/mol. The maximum Gasteiger partial charge on any atom is 0.137 e. The number of aromatic nitrogens is 4. The van der Waals surface area contributed by atoms with Crippen molar-refractivity contribution in [1.29, 1.82) is 0 Å². The first-order valence-electron chi connectivity index (χ1n) is 19.0. The molecule has 0 saturated heterocycles. The maximum atomic E-state index is 6.65. The molecule has 256 valence electrons. The van der Waals surface area contributed by atoms with Gasteiger partial charge in [0.05, 0.1) is 22.9 Å². The van der Waals surface area contributed by atoms with E-state index >= 15 is 0 Å². The van der Waals surface area contributed by atoms with Crippen molar-refractivity contribution < 1.29 is 4.74 Å². The highest BCUT2D eigenvalue weighted by Gasteiger charge is 2.26. The first kappa shape index (κ1) is 31.8. The van der Waals surface area contributed by atoms with E-state index in [-0.39, 0.29) is 0 Å². The van der Waals surface area contributed by atoms with Crippen molar-refractivity contribution in [3.8, 4) is 34.1 Å². The van der Waals surface area contributed by atoms with E-state index in [1.165, 1.54) is 91.7 Å². The molecule has 51 heavy (non-hydrogen) atoms. The van der Waals surface area contributed by atoms with Crippen LogP contribution in [0.3, 0.4) is 0 Å². The van der Waals surface area contributed by atoms with Crippen LogP contribution >= 0.6 is 0 Å². The normalized spacial score (nSPS) is 15.9. The van der Waals surface area contributed by atoms with Gasteiger partial charge in [-0.2, -0.15) is 5.10 Å². The van der Waals surface area contributed by atoms with Crippen LogP contribution in [-0.2, 0) is 0 Å². The number of fused-ring (bicyclic) bond motifs is 3. The molecule has 0 radical (unpaired) electrons. The second-order valence-corrected chi connectivity index (χ2v) is 15.0. The quantitative estimate of drug-likeness (QED) is 0.170. The zero-order chi connectivity index (χ0) is 34.3. The second-order valence-electron chi connectivity index (χ2n) is 15.0. The van der Waals surface area contributed by atoms with E-state index in [1.807, 2.05) is 16.9 Å². The number of hydrogen-bond acceptors (Lipinski definition) is 3. The Morgan fingerprint density at radius 2 is 1.35 bits per heavy atom. The van der Waals surface area contributed by atoms with E-state index in [0.29, 0.717) is 11.8 Å². The lowest BCUT2D eigenvalue weighted by Gasteiger charge is -2.29. The van der Waals surface area contributed by atoms with Crippen LogP contribution in [0.2, 0.25) is 0 Å². The Kier molecular flexibility index (Phi) is 8.43. The molecule has 0 spiro atoms. The summed E-state index contributed by atoms with van der Waals surface area (Å²) in [6.45, 7) is 4.24. The number of pyridine rings is 1. The summed E-state index contributed by atoms with van der Waals surface area (Å²) in [6.07, 6.45) is 19.5. The van der Waals surface area contributed by atoms with Crippen molar-refractivity contribution in [3.63, 3.8) is 0 Å². The van der Waals surface area contributed by atoms with Gasteiger partial charge in [0, 0.05) is 40.9 Å². The Bertz CT molecular complexity index is 2320. The van der Waals surface area contributed by atoms with Crippen molar-refractivity contribution in [3.05, 3.63) is 132 Å². The van der Waals surface area contributed by atoms with Gasteiger partial charge in [0.1, 0.15) is 17.3 Å². The molecule has 5 heteroatoms. The highest BCUT2D eigenvalue weighted by atomic mass is 16.5. The van der Waals surface area contributed by atoms with Gasteiger partial charge in [-0.1, -0.05) is 74.9 Å². The summed E-state index contributed by atoms with van der Waals surface area (Å²) in [6, 6.07) is 32.7. The van der Waals surface area contributed by atoms with Gasteiger partial charge in [0.15, 0.2) is 0 Å². The molecule has 0 N–H and O–H groups in total. The molecule has 2 aliphatic rings. The van der Waals surface area contributed by atoms with Crippen molar-refractivity contribution in [1.82, 2.24) is 19.3 Å². The molecule has 0 amide bonds. The van der Waals surface area contributed by atoms with Crippen LogP contribution in [0.15, 0.2) is 110 Å². The van der Waals surface area contributed by atoms with E-state index in [4.69, 9.17) is 14.8 Å². The molecule has 0 atom stereocenters. The van der Waals surface area contributed by atoms with Crippen LogP contribution < -0.4 is 4.74 Å². The fourth-order valence-corrected chi connectivity index (χ4v) is 8.98. The van der Waals surface area contributed by atoms with Crippen molar-refractivity contribution in [2.75, 3.05) is 0 Å². The topological polar surface area (TPSA) is 44.9 Å². The lowest BCUT2D eigenvalue weighted by Crippen LogP contribution is -2.11. The third-order valence-electron chi connectivity index (χ3n) is 11.4. The Hall–Kier alpha value is -5.16. The minimum Gasteiger partial charge on any atom is -0.457 e. The molecule has 2 saturated carbocycles. The van der Waals surface area contributed by atoms with Crippen molar-refractivity contribution >= 4 is 21.8 Å². The minimum atomic E-state index is 0.636. The monoisotopic (exact) mass is 670 g/mol. The molecule has 2 fully saturated rings. The van der Waals surface area contributed by atoms with Crippen LogP contribution in [-0.4, -0.2) is 19.3 Å². The van der Waals surface area contributed by atoms with E-state index in [2.05, 4.69) is 116 Å². The zero-order valence-electron chi connectivity index (χ0n) is 29.8. The summed E-state index contributed by atoms with van der Waals surface area (Å²) in [5.74, 6) is 3.76. The standard InChI is InChI=1S/C46H46N4O/c1-31-22-23-47-45(26-31)50-43-19-10-9-16-41(43)42-21-20-37(28-44(42)50)51-38-25-32(2)24-36(27-38)49-30-35(29-48-49)46-39(33-12-5-3-6-13-33)17-11-18-40(46)34-14-7-4-8-15-34/h9-11,16-30,33-34H,3-8,12-15H2,1-2H3. The van der Waals surface area contributed by atoms with Crippen LogP contribution in [0, 0.1) is 13.8 Å². The molecule has 9 rings (SSSR count). The van der Waals surface area contributed by atoms with E-state index < -0.39 is 0 Å². The van der Waals surface area contributed by atoms with Gasteiger partial charge in [-0.15, -0.1) is 0 Å². The van der Waals surface area contributed by atoms with E-state index in [9.17, 15) is 0 Å². The van der Waals surface area contributed by atoms with Gasteiger partial charge in [0.2, 0.25) is 0 Å². The summed E-state index contributed by atoms with van der Waals surface area (Å²) < 4.78 is 10.9. The molecule has 0 unspecified atom stereocenters. The molecule has 4 aromatic carbocycles. The summed E-state index contributed by atoms with van der Waals surface area (Å²) in [7, 11) is 0. The minimum absolute atomic E-state index is 0.636. The molecular formula is C46H46N4O. The molecule has 7 aromatic rings. The van der Waals surface area contributed by atoms with Crippen LogP contribution in [0.1, 0.15) is 98.3 Å². The van der Waals surface area contributed by atoms with Crippen molar-refractivity contribution in [2.24, 2.45) is 0 Å². The molecule has 3 heterocycles. The van der Waals surface area contributed by atoms with Gasteiger partial charge in [-0.05, 0) is 122 Å². The number of nitrogens with zero attached hydrogens (tertiary/aromatic N) is 4. The van der Waals surface area contributed by atoms with Gasteiger partial charge in [-0.25, -0.2) is 9.67 Å². The van der Waals surface area contributed by atoms with Crippen LogP contribution in [0.5, 0.6) is 11.5 Å². The summed E-state index contributed by atoms with van der Waals surface area (Å²) in [4.78, 5) is 4.75. The first-order chi connectivity index (χ1) is 25.1. The third-order valence-corrected chi connectivity index (χ3v) is 11.4. The average molecular weight is 671 g/mol. The lowest BCUT2D eigenvalue weighted by atomic mass is 9.75. The number of benzene rings is 4. The fraction of sp³-hybridized carbons (Fsp3) is 0.304. The van der Waals surface area contributed by atoms with Crippen LogP contribution in [0.25, 0.3) is 44.4 Å². The number of aryl methyl sites for hydroxylation is 2. The average Bonchev–Trinajstić information content (AvgIpc) is 3.78. The first-order valence-corrected chi connectivity index (χ1v) is 19.0. The smallest absolute Gasteiger partial charge is 0.137 e. The molecule has 3 aromatic heterocycles. The summed E-state index contributed by atoms with van der Waals surface area (Å²) in [5, 5.41) is 7.37. The Balaban J connectivity index is 1.08.